The van der Waals surface area contributed by atoms with Crippen molar-refractivity contribution in [3.8, 4) is 0 Å². The monoisotopic (exact) mass is 301 g/mol. The molecule has 1 aromatic rings. The van der Waals surface area contributed by atoms with Crippen molar-refractivity contribution in [2.45, 2.75) is 0 Å². The van der Waals surface area contributed by atoms with Gasteiger partial charge in [0.1, 0.15) is 0 Å². The zero-order valence-corrected chi connectivity index (χ0v) is 7.98. The van der Waals surface area contributed by atoms with Gasteiger partial charge in [-0.3, -0.25) is 4.98 Å². The van der Waals surface area contributed by atoms with Gasteiger partial charge in [0.15, 0.2) is 5.82 Å². The van der Waals surface area contributed by atoms with Gasteiger partial charge in [-0.05, 0) is 38.5 Å². The molecule has 9 heavy (non-hydrogen) atoms. The van der Waals surface area contributed by atoms with Gasteiger partial charge in [-0.2, -0.15) is 0 Å². The molecule has 4 heteroatoms. The van der Waals surface area contributed by atoms with Crippen molar-refractivity contribution in [1.29, 1.82) is 0 Å². The molecule has 0 saturated carbocycles. The number of hydrogen-bond acceptors (Lipinski definition) is 1. The fraction of sp³-hybridized carbons (Fsp3) is 0. The Kier molecular flexibility index (Phi) is 2.40. The van der Waals surface area contributed by atoms with Gasteiger partial charge in [-0.1, -0.05) is 0 Å². The SMILES string of the molecule is Fc1cncc(Br)c1I. The van der Waals surface area contributed by atoms with Gasteiger partial charge in [0.2, 0.25) is 0 Å². The van der Waals surface area contributed by atoms with E-state index in [1.165, 1.54) is 6.20 Å². The van der Waals surface area contributed by atoms with E-state index in [4.69, 9.17) is 0 Å². The van der Waals surface area contributed by atoms with Gasteiger partial charge in [0, 0.05) is 6.20 Å². The minimum Gasteiger partial charge on any atom is -0.260 e. The number of aromatic nitrogens is 1. The van der Waals surface area contributed by atoms with Crippen molar-refractivity contribution < 1.29 is 4.39 Å². The molecule has 0 N–H and O–H groups in total. The van der Waals surface area contributed by atoms with E-state index in [0.717, 1.165) is 0 Å². The average Bonchev–Trinajstić information content (AvgIpc) is 1.83. The Balaban J connectivity index is 3.25. The van der Waals surface area contributed by atoms with Crippen LogP contribution in [0.15, 0.2) is 16.9 Å². The predicted octanol–water partition coefficient (Wildman–Crippen LogP) is 2.59. The summed E-state index contributed by atoms with van der Waals surface area (Å²) in [5.74, 6) is -0.287. The van der Waals surface area contributed by atoms with Crippen molar-refractivity contribution in [1.82, 2.24) is 4.98 Å². The highest BCUT2D eigenvalue weighted by Gasteiger charge is 2.00. The van der Waals surface area contributed by atoms with Gasteiger partial charge in [-0.15, -0.1) is 0 Å². The highest BCUT2D eigenvalue weighted by Crippen LogP contribution is 2.19. The maximum absolute atomic E-state index is 12.5. The zero-order valence-electron chi connectivity index (χ0n) is 4.24. The number of halogens is 3. The molecule has 1 rings (SSSR count). The Hall–Kier alpha value is 0.290. The van der Waals surface area contributed by atoms with Crippen LogP contribution in [-0.2, 0) is 0 Å². The van der Waals surface area contributed by atoms with Crippen LogP contribution in [-0.4, -0.2) is 4.98 Å². The molecule has 1 aromatic heterocycles. The first kappa shape index (κ1) is 7.40. The highest BCUT2D eigenvalue weighted by molar-refractivity contribution is 14.1. The minimum absolute atomic E-state index is 0.287. The summed E-state index contributed by atoms with van der Waals surface area (Å²) in [5, 5.41) is 0. The lowest BCUT2D eigenvalue weighted by Gasteiger charge is -1.93. The molecule has 0 radical (unpaired) electrons. The molecule has 0 saturated heterocycles. The minimum atomic E-state index is -0.287. The van der Waals surface area contributed by atoms with E-state index in [1.54, 1.807) is 6.20 Å². The quantitative estimate of drug-likeness (QED) is 0.671. The third kappa shape index (κ3) is 1.61. The summed E-state index contributed by atoms with van der Waals surface area (Å²) in [7, 11) is 0. The van der Waals surface area contributed by atoms with Crippen molar-refractivity contribution in [2.24, 2.45) is 0 Å². The Bertz CT molecular complexity index is 208. The summed E-state index contributed by atoms with van der Waals surface area (Å²) in [6.07, 6.45) is 2.75. The Morgan fingerprint density at radius 1 is 1.56 bits per heavy atom. The molecule has 0 aliphatic carbocycles. The van der Waals surface area contributed by atoms with Crippen LogP contribution >= 0.6 is 38.5 Å². The third-order valence-electron chi connectivity index (χ3n) is 0.795. The summed E-state index contributed by atoms with van der Waals surface area (Å²) in [6.45, 7) is 0. The van der Waals surface area contributed by atoms with Crippen LogP contribution in [0.25, 0.3) is 0 Å². The first-order valence-electron chi connectivity index (χ1n) is 2.16. The summed E-state index contributed by atoms with van der Waals surface area (Å²) < 4.78 is 13.7. The largest absolute Gasteiger partial charge is 0.260 e. The van der Waals surface area contributed by atoms with E-state index >= 15 is 0 Å². The molecule has 0 fully saturated rings. The van der Waals surface area contributed by atoms with Crippen LogP contribution in [0.1, 0.15) is 0 Å². The number of nitrogens with zero attached hydrogens (tertiary/aromatic N) is 1. The molecule has 0 aliphatic rings. The second kappa shape index (κ2) is 2.92. The molecule has 1 nitrogen and oxygen atoms in total. The Morgan fingerprint density at radius 2 is 2.22 bits per heavy atom. The predicted molar refractivity (Wildman–Crippen MR) is 44.6 cm³/mol. The molecular formula is C5H2BrFIN. The standard InChI is InChI=1S/C5H2BrFIN/c6-3-1-9-2-4(7)5(3)8/h1-2H. The second-order valence-corrected chi connectivity index (χ2v) is 3.35. The second-order valence-electron chi connectivity index (χ2n) is 1.42. The fourth-order valence-corrected chi connectivity index (χ4v) is 0.982. The fourth-order valence-electron chi connectivity index (χ4n) is 0.396. The lowest BCUT2D eigenvalue weighted by atomic mass is 10.5. The highest BCUT2D eigenvalue weighted by atomic mass is 127. The average molecular weight is 302 g/mol. The molecule has 0 atom stereocenters. The molecule has 0 unspecified atom stereocenters. The Labute approximate surface area is 73.9 Å². The maximum atomic E-state index is 12.5. The molecule has 0 amide bonds. The van der Waals surface area contributed by atoms with Gasteiger partial charge < -0.3 is 0 Å². The van der Waals surface area contributed by atoms with Gasteiger partial charge in [0.05, 0.1) is 14.2 Å². The summed E-state index contributed by atoms with van der Waals surface area (Å²) in [4.78, 5) is 3.62. The molecule has 0 bridgehead atoms. The molecule has 0 aliphatic heterocycles. The normalized spacial score (nSPS) is 9.67. The third-order valence-corrected chi connectivity index (χ3v) is 3.23. The van der Waals surface area contributed by atoms with Crippen molar-refractivity contribution in [3.05, 3.63) is 26.3 Å². The van der Waals surface area contributed by atoms with E-state index in [-0.39, 0.29) is 5.82 Å². The van der Waals surface area contributed by atoms with E-state index in [0.29, 0.717) is 8.04 Å². The van der Waals surface area contributed by atoms with Crippen LogP contribution in [0.3, 0.4) is 0 Å². The number of rotatable bonds is 0. The first-order valence-corrected chi connectivity index (χ1v) is 4.03. The smallest absolute Gasteiger partial charge is 0.155 e. The number of pyridine rings is 1. The van der Waals surface area contributed by atoms with E-state index in [9.17, 15) is 4.39 Å². The van der Waals surface area contributed by atoms with Gasteiger partial charge in [0.25, 0.3) is 0 Å². The molecule has 0 spiro atoms. The lowest BCUT2D eigenvalue weighted by molar-refractivity contribution is 0.612. The van der Waals surface area contributed by atoms with Crippen LogP contribution in [0.5, 0.6) is 0 Å². The van der Waals surface area contributed by atoms with Crippen LogP contribution in [0, 0.1) is 9.39 Å². The number of hydrogen-bond donors (Lipinski definition) is 0. The van der Waals surface area contributed by atoms with E-state index in [2.05, 4.69) is 20.9 Å². The summed E-state index contributed by atoms with van der Waals surface area (Å²) in [6, 6.07) is 0. The lowest BCUT2D eigenvalue weighted by Crippen LogP contribution is -1.83. The molecule has 0 aromatic carbocycles. The Morgan fingerprint density at radius 3 is 2.67 bits per heavy atom. The zero-order chi connectivity index (χ0) is 6.85. The van der Waals surface area contributed by atoms with Crippen LogP contribution in [0.4, 0.5) is 4.39 Å². The van der Waals surface area contributed by atoms with Gasteiger partial charge in [-0.25, -0.2) is 4.39 Å². The molecule has 1 heterocycles. The summed E-state index contributed by atoms with van der Waals surface area (Å²) >= 11 is 5.04. The van der Waals surface area contributed by atoms with Crippen LogP contribution < -0.4 is 0 Å². The van der Waals surface area contributed by atoms with E-state index in [1.807, 2.05) is 22.6 Å². The van der Waals surface area contributed by atoms with Crippen molar-refractivity contribution in [3.63, 3.8) is 0 Å². The topological polar surface area (TPSA) is 12.9 Å². The van der Waals surface area contributed by atoms with Gasteiger partial charge >= 0.3 is 0 Å². The first-order chi connectivity index (χ1) is 4.22. The van der Waals surface area contributed by atoms with E-state index < -0.39 is 0 Å². The van der Waals surface area contributed by atoms with Crippen molar-refractivity contribution in [2.75, 3.05) is 0 Å². The summed E-state index contributed by atoms with van der Waals surface area (Å²) in [5.41, 5.74) is 0. The molecular weight excluding hydrogens is 300 g/mol. The van der Waals surface area contributed by atoms with Crippen molar-refractivity contribution >= 4 is 38.5 Å². The van der Waals surface area contributed by atoms with Crippen LogP contribution in [0.2, 0.25) is 0 Å². The maximum Gasteiger partial charge on any atom is 0.155 e. The molecule has 48 valence electrons.